The van der Waals surface area contributed by atoms with Crippen molar-refractivity contribution in [3.05, 3.63) is 35.4 Å². The summed E-state index contributed by atoms with van der Waals surface area (Å²) in [5.74, 6) is 1.74. The van der Waals surface area contributed by atoms with Gasteiger partial charge in [-0.15, -0.1) is 11.8 Å². The van der Waals surface area contributed by atoms with E-state index in [1.54, 1.807) is 0 Å². The third-order valence-electron chi connectivity index (χ3n) is 4.94. The van der Waals surface area contributed by atoms with Gasteiger partial charge in [-0.05, 0) is 29.4 Å². The fourth-order valence-corrected chi connectivity index (χ4v) is 4.79. The Kier molecular flexibility index (Phi) is 4.54. The van der Waals surface area contributed by atoms with Crippen LogP contribution in [0.25, 0.3) is 0 Å². The molecule has 1 saturated carbocycles. The zero-order chi connectivity index (χ0) is 15.7. The first-order chi connectivity index (χ1) is 10.5. The molecule has 1 unspecified atom stereocenters. The minimum absolute atomic E-state index is 0.181. The van der Waals surface area contributed by atoms with E-state index in [2.05, 4.69) is 49.9 Å². The Morgan fingerprint density at radius 1 is 1.14 bits per heavy atom. The number of thioether (sulfide) groups is 1. The van der Waals surface area contributed by atoms with E-state index < -0.39 is 0 Å². The number of rotatable bonds is 2. The molecule has 3 rings (SSSR count). The van der Waals surface area contributed by atoms with Crippen molar-refractivity contribution in [2.45, 2.75) is 57.2 Å². The molecule has 1 saturated heterocycles. The van der Waals surface area contributed by atoms with Gasteiger partial charge in [-0.25, -0.2) is 0 Å². The number of carbonyl (C=O) groups is 1. The van der Waals surface area contributed by atoms with Gasteiger partial charge >= 0.3 is 0 Å². The Morgan fingerprint density at radius 2 is 1.77 bits per heavy atom. The summed E-state index contributed by atoms with van der Waals surface area (Å²) in [4.78, 5) is 14.9. The van der Waals surface area contributed by atoms with Gasteiger partial charge in [0.25, 0.3) is 0 Å². The molecule has 0 bridgehead atoms. The van der Waals surface area contributed by atoms with Crippen LogP contribution in [0.5, 0.6) is 0 Å². The smallest absolute Gasteiger partial charge is 0.226 e. The fraction of sp³-hybridized carbons (Fsp3) is 0.632. The Hall–Kier alpha value is -0.960. The van der Waals surface area contributed by atoms with Crippen LogP contribution in [0.15, 0.2) is 24.3 Å². The van der Waals surface area contributed by atoms with Crippen molar-refractivity contribution in [1.29, 1.82) is 0 Å². The lowest BCUT2D eigenvalue weighted by Crippen LogP contribution is -2.34. The number of carbonyl (C=O) groups excluding carboxylic acids is 1. The van der Waals surface area contributed by atoms with Gasteiger partial charge in [-0.1, -0.05) is 57.9 Å². The largest absolute Gasteiger partial charge is 0.325 e. The highest BCUT2D eigenvalue weighted by Crippen LogP contribution is 2.41. The first-order valence-corrected chi connectivity index (χ1v) is 9.54. The van der Waals surface area contributed by atoms with Crippen LogP contribution < -0.4 is 0 Å². The van der Waals surface area contributed by atoms with Crippen molar-refractivity contribution >= 4 is 17.7 Å². The molecule has 0 aromatic heterocycles. The van der Waals surface area contributed by atoms with Gasteiger partial charge in [0.15, 0.2) is 0 Å². The second-order valence-corrected chi connectivity index (χ2v) is 8.80. The van der Waals surface area contributed by atoms with E-state index in [1.165, 1.54) is 24.0 Å². The van der Waals surface area contributed by atoms with Crippen molar-refractivity contribution in [3.8, 4) is 0 Å². The van der Waals surface area contributed by atoms with E-state index in [0.29, 0.717) is 5.91 Å². The highest BCUT2D eigenvalue weighted by Gasteiger charge is 2.35. The molecule has 1 aliphatic carbocycles. The predicted molar refractivity (Wildman–Crippen MR) is 94.0 cm³/mol. The monoisotopic (exact) mass is 317 g/mol. The van der Waals surface area contributed by atoms with E-state index in [1.807, 2.05) is 11.8 Å². The molecule has 1 aromatic carbocycles. The summed E-state index contributed by atoms with van der Waals surface area (Å²) in [6, 6.07) is 8.90. The zero-order valence-electron chi connectivity index (χ0n) is 14.0. The van der Waals surface area contributed by atoms with E-state index in [4.69, 9.17) is 0 Å². The molecular formula is C19H27NOS. The highest BCUT2D eigenvalue weighted by molar-refractivity contribution is 7.99. The maximum absolute atomic E-state index is 12.8. The van der Waals surface area contributed by atoms with E-state index in [-0.39, 0.29) is 16.7 Å². The van der Waals surface area contributed by atoms with Crippen LogP contribution >= 0.6 is 11.8 Å². The second kappa shape index (κ2) is 6.27. The molecule has 1 atom stereocenters. The molecule has 1 aromatic rings. The summed E-state index contributed by atoms with van der Waals surface area (Å²) in [7, 11) is 0. The zero-order valence-corrected chi connectivity index (χ0v) is 14.8. The molecule has 2 nitrogen and oxygen atoms in total. The summed E-state index contributed by atoms with van der Waals surface area (Å²) in [6.45, 7) is 7.62. The molecule has 22 heavy (non-hydrogen) atoms. The SMILES string of the molecule is CC(C)(C)c1ccc(C2SCCN2C(=O)C2CCCC2)cc1. The van der Waals surface area contributed by atoms with E-state index in [9.17, 15) is 4.79 Å². The molecule has 1 heterocycles. The molecule has 0 N–H and O–H groups in total. The van der Waals surface area contributed by atoms with Crippen LogP contribution in [0.3, 0.4) is 0 Å². The Morgan fingerprint density at radius 3 is 2.36 bits per heavy atom. The third-order valence-corrected chi connectivity index (χ3v) is 6.20. The third kappa shape index (κ3) is 3.19. The molecule has 120 valence electrons. The van der Waals surface area contributed by atoms with Crippen LogP contribution in [0.4, 0.5) is 0 Å². The Balaban J connectivity index is 1.76. The maximum Gasteiger partial charge on any atom is 0.226 e. The van der Waals surface area contributed by atoms with Gasteiger partial charge in [0.2, 0.25) is 5.91 Å². The number of nitrogens with zero attached hydrogens (tertiary/aromatic N) is 1. The Labute approximate surface area is 138 Å². The van der Waals surface area contributed by atoms with Gasteiger partial charge < -0.3 is 4.90 Å². The summed E-state index contributed by atoms with van der Waals surface area (Å²) < 4.78 is 0. The molecule has 0 radical (unpaired) electrons. The van der Waals surface area contributed by atoms with Crippen molar-refractivity contribution in [2.75, 3.05) is 12.3 Å². The standard InChI is InChI=1S/C19H27NOS/c1-19(2,3)16-10-8-15(9-11-16)18-20(12-13-22-18)17(21)14-6-4-5-7-14/h8-11,14,18H,4-7,12-13H2,1-3H3. The minimum atomic E-state index is 0.181. The molecule has 1 aliphatic heterocycles. The van der Waals surface area contributed by atoms with Crippen LogP contribution in [0, 0.1) is 5.92 Å². The van der Waals surface area contributed by atoms with Crippen LogP contribution in [0.2, 0.25) is 0 Å². The first kappa shape index (κ1) is 15.9. The minimum Gasteiger partial charge on any atom is -0.325 e. The Bertz CT molecular complexity index is 525. The second-order valence-electron chi connectivity index (χ2n) is 7.61. The molecule has 3 heteroatoms. The number of hydrogen-bond donors (Lipinski definition) is 0. The lowest BCUT2D eigenvalue weighted by atomic mass is 9.86. The van der Waals surface area contributed by atoms with Gasteiger partial charge in [0.1, 0.15) is 5.37 Å². The predicted octanol–water partition coefficient (Wildman–Crippen LogP) is 4.75. The number of benzene rings is 1. The van der Waals surface area contributed by atoms with Crippen LogP contribution in [0.1, 0.15) is 63.0 Å². The van der Waals surface area contributed by atoms with Gasteiger partial charge in [-0.2, -0.15) is 0 Å². The average molecular weight is 317 g/mol. The van der Waals surface area contributed by atoms with Crippen molar-refractivity contribution < 1.29 is 4.79 Å². The quantitative estimate of drug-likeness (QED) is 0.784. The van der Waals surface area contributed by atoms with Gasteiger partial charge in [0.05, 0.1) is 0 Å². The summed E-state index contributed by atoms with van der Waals surface area (Å²) in [5, 5.41) is 0.224. The lowest BCUT2D eigenvalue weighted by Gasteiger charge is -2.27. The van der Waals surface area contributed by atoms with Crippen molar-refractivity contribution in [1.82, 2.24) is 4.90 Å². The molecule has 2 aliphatic rings. The summed E-state index contributed by atoms with van der Waals surface area (Å²) in [5.41, 5.74) is 2.82. The van der Waals surface area contributed by atoms with Crippen molar-refractivity contribution in [3.63, 3.8) is 0 Å². The highest BCUT2D eigenvalue weighted by atomic mass is 32.2. The first-order valence-electron chi connectivity index (χ1n) is 8.49. The van der Waals surface area contributed by atoms with Gasteiger partial charge in [0, 0.05) is 18.2 Å². The van der Waals surface area contributed by atoms with Crippen LogP contribution in [-0.2, 0) is 10.2 Å². The molecular weight excluding hydrogens is 290 g/mol. The van der Waals surface area contributed by atoms with Crippen molar-refractivity contribution in [2.24, 2.45) is 5.92 Å². The van der Waals surface area contributed by atoms with E-state index >= 15 is 0 Å². The molecule has 0 spiro atoms. The topological polar surface area (TPSA) is 20.3 Å². The molecule has 2 fully saturated rings. The van der Waals surface area contributed by atoms with Crippen LogP contribution in [-0.4, -0.2) is 23.1 Å². The van der Waals surface area contributed by atoms with Gasteiger partial charge in [-0.3, -0.25) is 4.79 Å². The van der Waals surface area contributed by atoms with E-state index in [0.717, 1.165) is 25.1 Å². The summed E-state index contributed by atoms with van der Waals surface area (Å²) in [6.07, 6.45) is 4.63. The number of hydrogen-bond acceptors (Lipinski definition) is 2. The summed E-state index contributed by atoms with van der Waals surface area (Å²) >= 11 is 1.91. The number of amides is 1. The molecule has 1 amide bonds. The lowest BCUT2D eigenvalue weighted by molar-refractivity contribution is -0.135. The normalized spacial score (nSPS) is 23.2. The fourth-order valence-electron chi connectivity index (χ4n) is 3.53. The average Bonchev–Trinajstić information content (AvgIpc) is 3.17. The maximum atomic E-state index is 12.8.